The molecule has 5 heteroatoms. The minimum Gasteiger partial charge on any atom is -0.469 e. The number of aromatic nitrogens is 2. The summed E-state index contributed by atoms with van der Waals surface area (Å²) in [5.41, 5.74) is 6.02. The topological polar surface area (TPSA) is 70.1 Å². The molecular formula is C7H11N3O2. The van der Waals surface area contributed by atoms with E-state index in [0.29, 0.717) is 18.7 Å². The van der Waals surface area contributed by atoms with Crippen molar-refractivity contribution in [1.29, 1.82) is 0 Å². The molecule has 12 heavy (non-hydrogen) atoms. The van der Waals surface area contributed by atoms with E-state index in [1.807, 2.05) is 0 Å². The number of methoxy groups -OCH3 is 1. The highest BCUT2D eigenvalue weighted by Crippen LogP contribution is 1.98. The van der Waals surface area contributed by atoms with Crippen LogP contribution in [0.4, 0.5) is 5.69 Å². The number of carbonyl (C=O) groups excluding carboxylic acids is 1. The molecule has 0 fully saturated rings. The molecule has 0 unspecified atom stereocenters. The van der Waals surface area contributed by atoms with Gasteiger partial charge in [0.25, 0.3) is 0 Å². The Morgan fingerprint density at radius 1 is 1.83 bits per heavy atom. The molecule has 0 amide bonds. The van der Waals surface area contributed by atoms with Crippen molar-refractivity contribution in [3.63, 3.8) is 0 Å². The standard InChI is InChI=1S/C7H11N3O2/c1-12-7(11)2-3-10-5-6(8)4-9-10/h4-5H,2-3,8H2,1H3. The molecule has 5 nitrogen and oxygen atoms in total. The van der Waals surface area contributed by atoms with E-state index in [-0.39, 0.29) is 5.97 Å². The van der Waals surface area contributed by atoms with E-state index in [1.165, 1.54) is 13.3 Å². The third-order valence-corrected chi connectivity index (χ3v) is 1.43. The van der Waals surface area contributed by atoms with Gasteiger partial charge in [-0.25, -0.2) is 0 Å². The van der Waals surface area contributed by atoms with Crippen LogP contribution in [0.3, 0.4) is 0 Å². The first kappa shape index (κ1) is 8.58. The van der Waals surface area contributed by atoms with Crippen LogP contribution in [0, 0.1) is 0 Å². The van der Waals surface area contributed by atoms with Gasteiger partial charge in [-0.2, -0.15) is 5.10 Å². The van der Waals surface area contributed by atoms with Gasteiger partial charge in [0.1, 0.15) is 0 Å². The number of hydrogen-bond donors (Lipinski definition) is 1. The van der Waals surface area contributed by atoms with E-state index in [2.05, 4.69) is 9.84 Å². The fraction of sp³-hybridized carbons (Fsp3) is 0.429. The van der Waals surface area contributed by atoms with Gasteiger partial charge in [-0.05, 0) is 0 Å². The fourth-order valence-corrected chi connectivity index (χ4v) is 0.810. The summed E-state index contributed by atoms with van der Waals surface area (Å²) >= 11 is 0. The molecule has 0 atom stereocenters. The molecule has 1 heterocycles. The zero-order valence-electron chi connectivity index (χ0n) is 6.86. The van der Waals surface area contributed by atoms with Crippen LogP contribution in [0.5, 0.6) is 0 Å². The van der Waals surface area contributed by atoms with Crippen molar-refractivity contribution in [1.82, 2.24) is 9.78 Å². The van der Waals surface area contributed by atoms with E-state index in [9.17, 15) is 4.79 Å². The minimum atomic E-state index is -0.246. The summed E-state index contributed by atoms with van der Waals surface area (Å²) in [6, 6.07) is 0. The second kappa shape index (κ2) is 3.75. The Kier molecular flexibility index (Phi) is 2.68. The summed E-state index contributed by atoms with van der Waals surface area (Å²) < 4.78 is 6.07. The maximum Gasteiger partial charge on any atom is 0.307 e. The first-order valence-corrected chi connectivity index (χ1v) is 3.57. The summed E-state index contributed by atoms with van der Waals surface area (Å²) in [5.74, 6) is -0.246. The number of rotatable bonds is 3. The molecule has 1 aromatic rings. The second-order valence-electron chi connectivity index (χ2n) is 2.36. The van der Waals surface area contributed by atoms with Crippen LogP contribution in [-0.4, -0.2) is 22.9 Å². The van der Waals surface area contributed by atoms with Crippen molar-refractivity contribution in [2.24, 2.45) is 0 Å². The first-order valence-electron chi connectivity index (χ1n) is 3.57. The van der Waals surface area contributed by atoms with Crippen molar-refractivity contribution >= 4 is 11.7 Å². The lowest BCUT2D eigenvalue weighted by Crippen LogP contribution is -2.07. The average molecular weight is 169 g/mol. The van der Waals surface area contributed by atoms with Crippen LogP contribution >= 0.6 is 0 Å². The molecular weight excluding hydrogens is 158 g/mol. The zero-order chi connectivity index (χ0) is 8.97. The van der Waals surface area contributed by atoms with Crippen LogP contribution in [0.25, 0.3) is 0 Å². The summed E-state index contributed by atoms with van der Waals surface area (Å²) in [7, 11) is 1.36. The number of nitrogens with two attached hydrogens (primary N) is 1. The van der Waals surface area contributed by atoms with Gasteiger partial charge in [0.15, 0.2) is 0 Å². The Balaban J connectivity index is 2.38. The van der Waals surface area contributed by atoms with E-state index >= 15 is 0 Å². The van der Waals surface area contributed by atoms with Gasteiger partial charge < -0.3 is 10.5 Å². The molecule has 0 aliphatic heterocycles. The Labute approximate surface area is 70.1 Å². The van der Waals surface area contributed by atoms with Crippen molar-refractivity contribution in [3.8, 4) is 0 Å². The van der Waals surface area contributed by atoms with Gasteiger partial charge in [-0.3, -0.25) is 9.48 Å². The summed E-state index contributed by atoms with van der Waals surface area (Å²) in [5, 5.41) is 3.91. The lowest BCUT2D eigenvalue weighted by atomic mass is 10.4. The zero-order valence-corrected chi connectivity index (χ0v) is 6.86. The van der Waals surface area contributed by atoms with E-state index in [4.69, 9.17) is 5.73 Å². The normalized spacial score (nSPS) is 9.75. The first-order chi connectivity index (χ1) is 5.72. The molecule has 0 saturated heterocycles. The number of esters is 1. The Morgan fingerprint density at radius 3 is 3.08 bits per heavy atom. The molecule has 1 aromatic heterocycles. The second-order valence-corrected chi connectivity index (χ2v) is 2.36. The lowest BCUT2D eigenvalue weighted by molar-refractivity contribution is -0.140. The van der Waals surface area contributed by atoms with Crippen LogP contribution in [-0.2, 0) is 16.1 Å². The van der Waals surface area contributed by atoms with Crippen LogP contribution < -0.4 is 5.73 Å². The van der Waals surface area contributed by atoms with Crippen LogP contribution in [0.2, 0.25) is 0 Å². The largest absolute Gasteiger partial charge is 0.469 e. The quantitative estimate of drug-likeness (QED) is 0.648. The van der Waals surface area contributed by atoms with Crippen molar-refractivity contribution in [2.75, 3.05) is 12.8 Å². The summed E-state index contributed by atoms with van der Waals surface area (Å²) in [4.78, 5) is 10.7. The van der Waals surface area contributed by atoms with Crippen LogP contribution in [0.1, 0.15) is 6.42 Å². The monoisotopic (exact) mass is 169 g/mol. The van der Waals surface area contributed by atoms with Gasteiger partial charge in [-0.15, -0.1) is 0 Å². The predicted molar refractivity (Wildman–Crippen MR) is 43.3 cm³/mol. The van der Waals surface area contributed by atoms with Gasteiger partial charge in [-0.1, -0.05) is 0 Å². The van der Waals surface area contributed by atoms with E-state index < -0.39 is 0 Å². The lowest BCUT2D eigenvalue weighted by Gasteiger charge is -1.98. The molecule has 0 aliphatic carbocycles. The molecule has 66 valence electrons. The van der Waals surface area contributed by atoms with Gasteiger partial charge >= 0.3 is 5.97 Å². The maximum atomic E-state index is 10.7. The third-order valence-electron chi connectivity index (χ3n) is 1.43. The number of anilines is 1. The number of hydrogen-bond acceptors (Lipinski definition) is 4. The third kappa shape index (κ3) is 2.26. The van der Waals surface area contributed by atoms with Gasteiger partial charge in [0.2, 0.25) is 0 Å². The maximum absolute atomic E-state index is 10.7. The van der Waals surface area contributed by atoms with E-state index in [0.717, 1.165) is 0 Å². The number of aryl methyl sites for hydroxylation is 1. The number of nitrogen functional groups attached to an aromatic ring is 1. The Hall–Kier alpha value is -1.52. The van der Waals surface area contributed by atoms with Gasteiger partial charge in [0.05, 0.1) is 32.0 Å². The SMILES string of the molecule is COC(=O)CCn1cc(N)cn1. The molecule has 0 aliphatic rings. The summed E-state index contributed by atoms with van der Waals surface area (Å²) in [6.07, 6.45) is 3.53. The molecule has 0 radical (unpaired) electrons. The number of carbonyl (C=O) groups is 1. The smallest absolute Gasteiger partial charge is 0.307 e. The van der Waals surface area contributed by atoms with Crippen molar-refractivity contribution in [3.05, 3.63) is 12.4 Å². The molecule has 0 bridgehead atoms. The predicted octanol–water partition coefficient (Wildman–Crippen LogP) is 0.0284. The minimum absolute atomic E-state index is 0.246. The number of ether oxygens (including phenoxy) is 1. The Morgan fingerprint density at radius 2 is 2.58 bits per heavy atom. The Bertz CT molecular complexity index is 269. The molecule has 2 N–H and O–H groups in total. The van der Waals surface area contributed by atoms with E-state index in [1.54, 1.807) is 10.9 Å². The van der Waals surface area contributed by atoms with Crippen LogP contribution in [0.15, 0.2) is 12.4 Å². The highest BCUT2D eigenvalue weighted by molar-refractivity contribution is 5.68. The molecule has 0 spiro atoms. The van der Waals surface area contributed by atoms with Crippen molar-refractivity contribution in [2.45, 2.75) is 13.0 Å². The van der Waals surface area contributed by atoms with Crippen molar-refractivity contribution < 1.29 is 9.53 Å². The molecule has 0 aromatic carbocycles. The van der Waals surface area contributed by atoms with Gasteiger partial charge in [0, 0.05) is 6.20 Å². The highest BCUT2D eigenvalue weighted by Gasteiger charge is 2.00. The molecule has 0 saturated carbocycles. The molecule has 1 rings (SSSR count). The fourth-order valence-electron chi connectivity index (χ4n) is 0.810. The number of nitrogens with zero attached hydrogens (tertiary/aromatic N) is 2. The summed E-state index contributed by atoms with van der Waals surface area (Å²) in [6.45, 7) is 0.504. The average Bonchev–Trinajstić information content (AvgIpc) is 2.47. The highest BCUT2D eigenvalue weighted by atomic mass is 16.5.